The van der Waals surface area contributed by atoms with E-state index in [4.69, 9.17) is 5.11 Å². The molecule has 0 radical (unpaired) electrons. The van der Waals surface area contributed by atoms with Crippen LogP contribution in [0.4, 0.5) is 0 Å². The van der Waals surface area contributed by atoms with Crippen LogP contribution in [0.5, 0.6) is 0 Å². The average molecular weight is 178 g/mol. The minimum Gasteiger partial charge on any atom is -0.481 e. The fourth-order valence-corrected chi connectivity index (χ4v) is 1.80. The number of carboxylic acids is 1. The van der Waals surface area contributed by atoms with Crippen LogP contribution < -0.4 is 0 Å². The summed E-state index contributed by atoms with van der Waals surface area (Å²) in [6.45, 7) is 1.91. The van der Waals surface area contributed by atoms with Gasteiger partial charge in [-0.15, -0.1) is 0 Å². The van der Waals surface area contributed by atoms with Crippen molar-refractivity contribution >= 4 is 27.6 Å². The molecule has 0 saturated heterocycles. The fourth-order valence-electron chi connectivity index (χ4n) is 0.397. The van der Waals surface area contributed by atoms with Gasteiger partial charge in [0.2, 0.25) is 0 Å². The van der Waals surface area contributed by atoms with Gasteiger partial charge >= 0.3 is 5.97 Å². The topological polar surface area (TPSA) is 37.3 Å². The zero-order valence-corrected chi connectivity index (χ0v) is 7.59. The maximum absolute atomic E-state index is 10.0. The van der Waals surface area contributed by atoms with Gasteiger partial charge in [0, 0.05) is 0 Å². The van der Waals surface area contributed by atoms with Gasteiger partial charge in [-0.05, 0) is 18.1 Å². The third-order valence-electron chi connectivity index (χ3n) is 0.779. The van der Waals surface area contributed by atoms with Crippen LogP contribution in [0.15, 0.2) is 11.0 Å². The summed E-state index contributed by atoms with van der Waals surface area (Å²) in [6, 6.07) is 0. The third-order valence-corrected chi connectivity index (χ3v) is 2.66. The van der Waals surface area contributed by atoms with Crippen molar-refractivity contribution in [3.63, 3.8) is 0 Å². The predicted molar refractivity (Wildman–Crippen MR) is 47.1 cm³/mol. The van der Waals surface area contributed by atoms with Gasteiger partial charge in [-0.2, -0.15) is 0 Å². The molecule has 0 aromatic rings. The number of rotatable bonds is 4. The van der Waals surface area contributed by atoms with Crippen molar-refractivity contribution < 1.29 is 9.90 Å². The van der Waals surface area contributed by atoms with Crippen LogP contribution in [0.2, 0.25) is 0 Å². The smallest absolute Gasteiger partial charge is 0.307 e. The molecule has 0 unspecified atom stereocenters. The minimum atomic E-state index is -0.777. The van der Waals surface area contributed by atoms with E-state index in [2.05, 4.69) is 0 Å². The first-order valence-corrected chi connectivity index (χ1v) is 5.32. The van der Waals surface area contributed by atoms with Crippen LogP contribution >= 0.6 is 21.6 Å². The first-order valence-electron chi connectivity index (χ1n) is 2.76. The first kappa shape index (κ1) is 9.91. The van der Waals surface area contributed by atoms with Crippen molar-refractivity contribution in [2.45, 2.75) is 13.3 Å². The molecular weight excluding hydrogens is 168 g/mol. The molecule has 0 amide bonds. The molecule has 0 rings (SSSR count). The predicted octanol–water partition coefficient (Wildman–Crippen LogP) is 2.38. The van der Waals surface area contributed by atoms with Crippen molar-refractivity contribution in [3.8, 4) is 0 Å². The standard InChI is InChI=1S/C6H10O2S2/c1-5(10-9-2)3-4-6(7)8/h3H,4H2,1-2H3,(H,7,8)/b5-3+. The SMILES string of the molecule is CSS/C(C)=C/CC(=O)O. The molecule has 0 atom stereocenters. The quantitative estimate of drug-likeness (QED) is 0.671. The summed E-state index contributed by atoms with van der Waals surface area (Å²) in [7, 11) is 3.20. The van der Waals surface area contributed by atoms with E-state index in [1.54, 1.807) is 27.7 Å². The molecule has 0 bridgehead atoms. The normalized spacial score (nSPS) is 11.6. The van der Waals surface area contributed by atoms with E-state index in [1.807, 2.05) is 13.2 Å². The Bertz CT molecular complexity index is 143. The monoisotopic (exact) mass is 178 g/mol. The van der Waals surface area contributed by atoms with Crippen molar-refractivity contribution in [1.29, 1.82) is 0 Å². The Morgan fingerprint density at radius 1 is 1.70 bits per heavy atom. The average Bonchev–Trinajstić information content (AvgIpc) is 1.85. The number of allylic oxidation sites excluding steroid dienone is 1. The van der Waals surface area contributed by atoms with Crippen LogP contribution in [0.1, 0.15) is 13.3 Å². The van der Waals surface area contributed by atoms with E-state index in [9.17, 15) is 4.79 Å². The van der Waals surface area contributed by atoms with E-state index in [-0.39, 0.29) is 6.42 Å². The lowest BCUT2D eigenvalue weighted by Crippen LogP contribution is -1.90. The molecule has 0 fully saturated rings. The first-order chi connectivity index (χ1) is 4.66. The van der Waals surface area contributed by atoms with Crippen molar-refractivity contribution in [3.05, 3.63) is 11.0 Å². The molecule has 1 N–H and O–H groups in total. The highest BCUT2D eigenvalue weighted by molar-refractivity contribution is 8.77. The second-order valence-electron chi connectivity index (χ2n) is 1.66. The van der Waals surface area contributed by atoms with Gasteiger partial charge in [-0.1, -0.05) is 27.7 Å². The number of hydrogen-bond acceptors (Lipinski definition) is 3. The second kappa shape index (κ2) is 5.68. The molecule has 0 saturated carbocycles. The number of carboxylic acid groups (broad SMARTS) is 1. The van der Waals surface area contributed by atoms with Crippen molar-refractivity contribution in [1.82, 2.24) is 0 Å². The molecule has 0 heterocycles. The highest BCUT2D eigenvalue weighted by Crippen LogP contribution is 2.26. The Kier molecular flexibility index (Phi) is 5.63. The second-order valence-corrected chi connectivity index (χ2v) is 4.31. The zero-order chi connectivity index (χ0) is 7.98. The van der Waals surface area contributed by atoms with Gasteiger partial charge < -0.3 is 5.11 Å². The van der Waals surface area contributed by atoms with Gasteiger partial charge in [0.15, 0.2) is 0 Å². The zero-order valence-electron chi connectivity index (χ0n) is 5.96. The Hall–Kier alpha value is -0.0900. The molecule has 0 aromatic heterocycles. The number of aliphatic carboxylic acids is 1. The fraction of sp³-hybridized carbons (Fsp3) is 0.500. The summed E-state index contributed by atoms with van der Waals surface area (Å²) in [4.78, 5) is 11.1. The van der Waals surface area contributed by atoms with Crippen molar-refractivity contribution in [2.75, 3.05) is 6.26 Å². The largest absolute Gasteiger partial charge is 0.481 e. The molecule has 58 valence electrons. The molecule has 0 aromatic carbocycles. The van der Waals surface area contributed by atoms with Crippen LogP contribution in [-0.2, 0) is 4.79 Å². The van der Waals surface area contributed by atoms with Gasteiger partial charge in [0.25, 0.3) is 0 Å². The summed E-state index contributed by atoms with van der Waals surface area (Å²) < 4.78 is 0. The summed E-state index contributed by atoms with van der Waals surface area (Å²) in [5, 5.41) is 8.27. The van der Waals surface area contributed by atoms with E-state index < -0.39 is 5.97 Å². The van der Waals surface area contributed by atoms with Gasteiger partial charge in [-0.25, -0.2) is 0 Å². The molecule has 0 aliphatic rings. The molecule has 2 nitrogen and oxygen atoms in total. The van der Waals surface area contributed by atoms with Crippen LogP contribution in [0.3, 0.4) is 0 Å². The Morgan fingerprint density at radius 3 is 2.70 bits per heavy atom. The van der Waals surface area contributed by atoms with Crippen LogP contribution in [-0.4, -0.2) is 17.3 Å². The van der Waals surface area contributed by atoms with Crippen molar-refractivity contribution in [2.24, 2.45) is 0 Å². The van der Waals surface area contributed by atoms with Crippen LogP contribution in [0, 0.1) is 0 Å². The number of carbonyl (C=O) groups is 1. The van der Waals surface area contributed by atoms with Gasteiger partial charge in [0.1, 0.15) is 0 Å². The van der Waals surface area contributed by atoms with E-state index in [0.29, 0.717) is 0 Å². The molecule has 0 spiro atoms. The minimum absolute atomic E-state index is 0.124. The Labute approximate surface area is 68.5 Å². The number of hydrogen-bond donors (Lipinski definition) is 1. The lowest BCUT2D eigenvalue weighted by molar-refractivity contribution is -0.136. The van der Waals surface area contributed by atoms with E-state index >= 15 is 0 Å². The lowest BCUT2D eigenvalue weighted by Gasteiger charge is -1.93. The maximum Gasteiger partial charge on any atom is 0.307 e. The van der Waals surface area contributed by atoms with Gasteiger partial charge in [-0.3, -0.25) is 4.79 Å². The molecule has 0 aliphatic carbocycles. The molecular formula is C6H10O2S2. The van der Waals surface area contributed by atoms with Gasteiger partial charge in [0.05, 0.1) is 6.42 Å². The summed E-state index contributed by atoms with van der Waals surface area (Å²) in [5.41, 5.74) is 0. The highest BCUT2D eigenvalue weighted by Gasteiger charge is 1.92. The summed E-state index contributed by atoms with van der Waals surface area (Å²) in [6.07, 6.45) is 3.80. The molecule has 10 heavy (non-hydrogen) atoms. The summed E-state index contributed by atoms with van der Waals surface area (Å²) in [5.74, 6) is -0.777. The highest BCUT2D eigenvalue weighted by atomic mass is 33.1. The summed E-state index contributed by atoms with van der Waals surface area (Å²) >= 11 is 0. The van der Waals surface area contributed by atoms with Crippen LogP contribution in [0.25, 0.3) is 0 Å². The Balaban J connectivity index is 3.57. The van der Waals surface area contributed by atoms with E-state index in [0.717, 1.165) is 4.91 Å². The lowest BCUT2D eigenvalue weighted by atomic mass is 10.4. The molecule has 4 heteroatoms. The Morgan fingerprint density at radius 2 is 2.30 bits per heavy atom. The third kappa shape index (κ3) is 6.04. The maximum atomic E-state index is 10.0. The molecule has 0 aliphatic heterocycles. The van der Waals surface area contributed by atoms with E-state index in [1.165, 1.54) is 0 Å².